The van der Waals surface area contributed by atoms with Crippen LogP contribution in [-0.4, -0.2) is 13.7 Å². The molecular formula is C27H40O2S. The Morgan fingerprint density at radius 2 is 1.37 bits per heavy atom. The number of aryl methyl sites for hydroxylation is 1. The van der Waals surface area contributed by atoms with Gasteiger partial charge in [-0.2, -0.15) is 0 Å². The van der Waals surface area contributed by atoms with Gasteiger partial charge >= 0.3 is 0 Å². The second-order valence-electron chi connectivity index (χ2n) is 8.68. The van der Waals surface area contributed by atoms with Crippen LogP contribution in [0.25, 0.3) is 0 Å². The normalized spacial score (nSPS) is 15.2. The summed E-state index contributed by atoms with van der Waals surface area (Å²) in [6, 6.07) is 6.94. The lowest BCUT2D eigenvalue weighted by Crippen LogP contribution is -2.19. The van der Waals surface area contributed by atoms with E-state index in [1.165, 1.54) is 11.1 Å². The number of hydrogen-bond acceptors (Lipinski definition) is 2. The van der Waals surface area contributed by atoms with Gasteiger partial charge in [-0.05, 0) is 92.7 Å². The van der Waals surface area contributed by atoms with E-state index in [4.69, 9.17) is 1.37 Å². The standard InChI is InChI=1S/C27H40O2S/c1-21(2)10-8-12-23(5)16-19-27(20-25(7)13-9-11-22(3)4)30(28,29)26-17-14-24(6)15-18-26/h10-11,14-18,20,27H,8-9,12-13,19H2,1-7H3/b23-16+,25-20+/i19D. The average Bonchev–Trinajstić information content (AvgIpc) is 2.65. The third-order valence-electron chi connectivity index (χ3n) is 4.91. The quantitative estimate of drug-likeness (QED) is 0.335. The van der Waals surface area contributed by atoms with Crippen molar-refractivity contribution in [2.45, 2.75) is 90.7 Å². The van der Waals surface area contributed by atoms with Gasteiger partial charge in [0.2, 0.25) is 0 Å². The lowest BCUT2D eigenvalue weighted by Gasteiger charge is -2.15. The number of hydrogen-bond donors (Lipinski definition) is 0. The fourth-order valence-corrected chi connectivity index (χ4v) is 4.54. The molecule has 0 fully saturated rings. The summed E-state index contributed by atoms with van der Waals surface area (Å²) in [5.74, 6) is 0. The highest BCUT2D eigenvalue weighted by atomic mass is 32.2. The zero-order valence-corrected chi connectivity index (χ0v) is 20.6. The lowest BCUT2D eigenvalue weighted by molar-refractivity contribution is 0.588. The molecule has 0 aliphatic rings. The molecule has 0 saturated heterocycles. The van der Waals surface area contributed by atoms with Gasteiger partial charge in [0.15, 0.2) is 9.84 Å². The van der Waals surface area contributed by atoms with Gasteiger partial charge < -0.3 is 0 Å². The van der Waals surface area contributed by atoms with Crippen molar-refractivity contribution in [2.75, 3.05) is 0 Å². The molecule has 0 radical (unpaired) electrons. The van der Waals surface area contributed by atoms with Crippen LogP contribution < -0.4 is 0 Å². The van der Waals surface area contributed by atoms with E-state index in [0.717, 1.165) is 42.4 Å². The van der Waals surface area contributed by atoms with E-state index >= 15 is 0 Å². The van der Waals surface area contributed by atoms with Crippen LogP contribution in [0, 0.1) is 6.92 Å². The molecule has 2 nitrogen and oxygen atoms in total. The van der Waals surface area contributed by atoms with Gasteiger partial charge in [0.1, 0.15) is 0 Å². The molecule has 2 atom stereocenters. The Bertz CT molecular complexity index is 924. The van der Waals surface area contributed by atoms with Gasteiger partial charge in [0.25, 0.3) is 0 Å². The van der Waals surface area contributed by atoms with Crippen LogP contribution in [0.1, 0.15) is 80.6 Å². The van der Waals surface area contributed by atoms with Crippen LogP contribution in [0.3, 0.4) is 0 Å². The highest BCUT2D eigenvalue weighted by Gasteiger charge is 2.25. The summed E-state index contributed by atoms with van der Waals surface area (Å²) in [6.45, 7) is 14.2. The summed E-state index contributed by atoms with van der Waals surface area (Å²) in [4.78, 5) is 0.282. The van der Waals surface area contributed by atoms with E-state index in [1.807, 2.05) is 39.0 Å². The van der Waals surface area contributed by atoms with Crippen LogP contribution in [0.4, 0.5) is 0 Å². The zero-order valence-electron chi connectivity index (χ0n) is 20.8. The fraction of sp³-hybridized carbons (Fsp3) is 0.481. The molecule has 0 aliphatic carbocycles. The molecule has 0 saturated carbocycles. The molecule has 1 aromatic carbocycles. The van der Waals surface area contributed by atoms with Crippen LogP contribution in [-0.2, 0) is 9.84 Å². The molecule has 0 amide bonds. The second-order valence-corrected chi connectivity index (χ2v) is 10.8. The van der Waals surface area contributed by atoms with Crippen molar-refractivity contribution >= 4 is 9.84 Å². The molecule has 1 rings (SSSR count). The van der Waals surface area contributed by atoms with Gasteiger partial charge in [0.05, 0.1) is 10.1 Å². The van der Waals surface area contributed by atoms with Crippen LogP contribution in [0.15, 0.2) is 75.8 Å². The predicted octanol–water partition coefficient (Wildman–Crippen LogP) is 7.91. The molecule has 2 unspecified atom stereocenters. The van der Waals surface area contributed by atoms with Crippen LogP contribution >= 0.6 is 0 Å². The monoisotopic (exact) mass is 429 g/mol. The molecule has 166 valence electrons. The van der Waals surface area contributed by atoms with Crippen molar-refractivity contribution < 1.29 is 9.79 Å². The Kier molecular flexibility index (Phi) is 10.4. The fourth-order valence-electron chi connectivity index (χ4n) is 3.02. The Morgan fingerprint density at radius 3 is 1.87 bits per heavy atom. The van der Waals surface area contributed by atoms with Crippen LogP contribution in [0.2, 0.25) is 0 Å². The zero-order chi connectivity index (χ0) is 23.6. The summed E-state index contributed by atoms with van der Waals surface area (Å²) in [5, 5.41) is -0.902. The summed E-state index contributed by atoms with van der Waals surface area (Å²) in [5.41, 5.74) is 5.60. The Hall–Kier alpha value is -1.87. The minimum absolute atomic E-state index is 0.282. The molecule has 0 heterocycles. The number of allylic oxidation sites excluding steroid dienone is 7. The molecule has 0 N–H and O–H groups in total. The van der Waals surface area contributed by atoms with Gasteiger partial charge in [0, 0.05) is 1.37 Å². The minimum atomic E-state index is -3.67. The first-order chi connectivity index (χ1) is 14.4. The number of benzene rings is 1. The first kappa shape index (κ1) is 24.4. The first-order valence-electron chi connectivity index (χ1n) is 11.4. The van der Waals surface area contributed by atoms with Gasteiger partial charge in [-0.25, -0.2) is 8.42 Å². The maximum absolute atomic E-state index is 13.5. The summed E-state index contributed by atoms with van der Waals surface area (Å²) in [7, 11) is -3.67. The minimum Gasteiger partial charge on any atom is -0.223 e. The van der Waals surface area contributed by atoms with Gasteiger partial charge in [-0.15, -0.1) is 0 Å². The first-order valence-corrected chi connectivity index (χ1v) is 12.3. The predicted molar refractivity (Wildman–Crippen MR) is 132 cm³/mol. The Morgan fingerprint density at radius 1 is 0.867 bits per heavy atom. The van der Waals surface area contributed by atoms with Gasteiger partial charge in [-0.3, -0.25) is 0 Å². The Labute approximate surface area is 186 Å². The van der Waals surface area contributed by atoms with Crippen molar-refractivity contribution in [3.8, 4) is 0 Å². The van der Waals surface area contributed by atoms with Crippen LogP contribution in [0.5, 0.6) is 0 Å². The third-order valence-corrected chi connectivity index (χ3v) is 6.85. The number of rotatable bonds is 11. The van der Waals surface area contributed by atoms with Crippen molar-refractivity contribution in [1.82, 2.24) is 0 Å². The van der Waals surface area contributed by atoms with E-state index in [-0.39, 0.29) is 4.90 Å². The highest BCUT2D eigenvalue weighted by Crippen LogP contribution is 2.24. The van der Waals surface area contributed by atoms with Gasteiger partial charge in [-0.1, -0.05) is 64.3 Å². The molecule has 0 aliphatic heterocycles. The molecular weight excluding hydrogens is 388 g/mol. The summed E-state index contributed by atoms with van der Waals surface area (Å²) >= 11 is 0. The van der Waals surface area contributed by atoms with Crippen molar-refractivity contribution in [1.29, 1.82) is 0 Å². The largest absolute Gasteiger partial charge is 0.223 e. The topological polar surface area (TPSA) is 34.1 Å². The molecule has 1 aromatic rings. The van der Waals surface area contributed by atoms with E-state index in [0.29, 0.717) is 0 Å². The maximum atomic E-state index is 13.5. The van der Waals surface area contributed by atoms with E-state index in [9.17, 15) is 8.42 Å². The molecule has 0 spiro atoms. The van der Waals surface area contributed by atoms with Crippen molar-refractivity contribution in [2.24, 2.45) is 0 Å². The molecule has 3 heteroatoms. The molecule has 30 heavy (non-hydrogen) atoms. The average molecular weight is 430 g/mol. The SMILES string of the molecule is [2H]C(/C=C(\C)CCC=C(C)C)C(/C=C(\C)CCC=C(C)C)S(=O)(=O)c1ccc(C)cc1. The molecule has 0 aromatic heterocycles. The summed E-state index contributed by atoms with van der Waals surface area (Å²) < 4.78 is 35.7. The van der Waals surface area contributed by atoms with Crippen molar-refractivity contribution in [3.63, 3.8) is 0 Å². The summed E-state index contributed by atoms with van der Waals surface area (Å²) in [6.07, 6.45) is 10.5. The second kappa shape index (κ2) is 12.7. The van der Waals surface area contributed by atoms with E-state index in [1.54, 1.807) is 18.2 Å². The highest BCUT2D eigenvalue weighted by molar-refractivity contribution is 7.92. The lowest BCUT2D eigenvalue weighted by atomic mass is 10.1. The third kappa shape index (κ3) is 9.75. The van der Waals surface area contributed by atoms with Crippen molar-refractivity contribution in [3.05, 3.63) is 76.4 Å². The van der Waals surface area contributed by atoms with E-state index < -0.39 is 21.5 Å². The number of sulfone groups is 1. The smallest absolute Gasteiger partial charge is 0.185 e. The Balaban J connectivity index is 3.24. The van der Waals surface area contributed by atoms with E-state index in [2.05, 4.69) is 39.8 Å². The molecule has 0 bridgehead atoms. The maximum Gasteiger partial charge on any atom is 0.185 e.